The van der Waals surface area contributed by atoms with E-state index in [-0.39, 0.29) is 0 Å². The number of allylic oxidation sites excluding steroid dienone is 3. The molecule has 2 aromatic rings. The number of imidazole rings is 1. The lowest BCUT2D eigenvalue weighted by molar-refractivity contribution is 1.20. The average Bonchev–Trinajstić information content (AvgIpc) is 2.57. The summed E-state index contributed by atoms with van der Waals surface area (Å²) in [5, 5.41) is 0. The lowest BCUT2D eigenvalue weighted by Crippen LogP contribution is -1.94. The number of nitrogen functional groups attached to an aromatic ring is 1. The van der Waals surface area contributed by atoms with E-state index in [1.54, 1.807) is 6.08 Å². The lowest BCUT2D eigenvalue weighted by atomic mass is 10.2. The molecule has 3 nitrogen and oxygen atoms in total. The molecule has 0 aliphatic rings. The van der Waals surface area contributed by atoms with Crippen molar-refractivity contribution < 1.29 is 0 Å². The summed E-state index contributed by atoms with van der Waals surface area (Å²) in [7, 11) is 0. The fraction of sp³-hybridized carbons (Fsp3) is 0.0833. The van der Waals surface area contributed by atoms with Crippen LogP contribution in [-0.4, -0.2) is 9.38 Å². The number of nitrogens with zero attached hydrogens (tertiary/aromatic N) is 2. The number of fused-ring (bicyclic) bond motifs is 1. The fourth-order valence-corrected chi connectivity index (χ4v) is 1.56. The highest BCUT2D eigenvalue weighted by atomic mass is 15.1. The first-order valence-electron chi connectivity index (χ1n) is 4.76. The number of nitrogens with two attached hydrogens (primary N) is 1. The third-order valence-corrected chi connectivity index (χ3v) is 2.31. The summed E-state index contributed by atoms with van der Waals surface area (Å²) >= 11 is 0. The molecule has 0 saturated heterocycles. The van der Waals surface area contributed by atoms with E-state index in [1.165, 1.54) is 0 Å². The van der Waals surface area contributed by atoms with Gasteiger partial charge in [-0.1, -0.05) is 24.8 Å². The Morgan fingerprint density at radius 2 is 2.33 bits per heavy atom. The van der Waals surface area contributed by atoms with Gasteiger partial charge in [-0.2, -0.15) is 0 Å². The van der Waals surface area contributed by atoms with Crippen LogP contribution in [0.25, 0.3) is 11.2 Å². The summed E-state index contributed by atoms with van der Waals surface area (Å²) in [4.78, 5) is 4.45. The number of anilines is 1. The predicted octanol–water partition coefficient (Wildman–Crippen LogP) is 2.51. The first-order chi connectivity index (χ1) is 7.24. The Hall–Kier alpha value is -2.03. The minimum atomic E-state index is 0.668. The minimum absolute atomic E-state index is 0.668. The molecule has 3 heteroatoms. The van der Waals surface area contributed by atoms with Gasteiger partial charge in [0.05, 0.1) is 0 Å². The Morgan fingerprint density at radius 3 is 3.00 bits per heavy atom. The van der Waals surface area contributed by atoms with E-state index >= 15 is 0 Å². The Kier molecular flexibility index (Phi) is 2.29. The van der Waals surface area contributed by atoms with Crippen LogP contribution in [0.15, 0.2) is 43.1 Å². The average molecular weight is 199 g/mol. The zero-order valence-corrected chi connectivity index (χ0v) is 8.64. The third kappa shape index (κ3) is 1.52. The summed E-state index contributed by atoms with van der Waals surface area (Å²) in [5.41, 5.74) is 8.70. The minimum Gasteiger partial charge on any atom is -0.383 e. The first-order valence-corrected chi connectivity index (χ1v) is 4.76. The topological polar surface area (TPSA) is 43.3 Å². The van der Waals surface area contributed by atoms with Gasteiger partial charge in [-0.05, 0) is 24.6 Å². The predicted molar refractivity (Wildman–Crippen MR) is 63.5 cm³/mol. The molecule has 0 aliphatic carbocycles. The van der Waals surface area contributed by atoms with Gasteiger partial charge in [0.2, 0.25) is 0 Å². The van der Waals surface area contributed by atoms with Crippen molar-refractivity contribution in [2.24, 2.45) is 0 Å². The molecule has 0 bridgehead atoms. The molecule has 0 aliphatic heterocycles. The molecular weight excluding hydrogens is 186 g/mol. The van der Waals surface area contributed by atoms with Gasteiger partial charge in [0, 0.05) is 6.20 Å². The van der Waals surface area contributed by atoms with E-state index in [0.29, 0.717) is 5.82 Å². The summed E-state index contributed by atoms with van der Waals surface area (Å²) in [6, 6.07) is 5.81. The Balaban J connectivity index is 2.68. The van der Waals surface area contributed by atoms with Crippen LogP contribution in [0.3, 0.4) is 0 Å². The maximum absolute atomic E-state index is 6.00. The summed E-state index contributed by atoms with van der Waals surface area (Å²) in [6.07, 6.45) is 5.54. The largest absolute Gasteiger partial charge is 0.383 e. The molecule has 0 amide bonds. The van der Waals surface area contributed by atoms with E-state index < -0.39 is 0 Å². The Bertz CT molecular complexity index is 535. The number of hydrogen-bond acceptors (Lipinski definition) is 2. The molecule has 15 heavy (non-hydrogen) atoms. The van der Waals surface area contributed by atoms with Gasteiger partial charge in [0.15, 0.2) is 0 Å². The second-order valence-corrected chi connectivity index (χ2v) is 3.36. The van der Waals surface area contributed by atoms with E-state index in [0.717, 1.165) is 16.9 Å². The van der Waals surface area contributed by atoms with E-state index in [2.05, 4.69) is 11.6 Å². The summed E-state index contributed by atoms with van der Waals surface area (Å²) in [6.45, 7) is 5.63. The summed E-state index contributed by atoms with van der Waals surface area (Å²) < 4.78 is 1.87. The molecule has 76 valence electrons. The second kappa shape index (κ2) is 3.61. The first kappa shape index (κ1) is 9.52. The normalized spacial score (nSPS) is 11.9. The molecule has 0 unspecified atom stereocenters. The maximum atomic E-state index is 6.00. The number of pyridine rings is 1. The molecule has 0 saturated carbocycles. The second-order valence-electron chi connectivity index (χ2n) is 3.36. The monoisotopic (exact) mass is 199 g/mol. The maximum Gasteiger partial charge on any atom is 0.139 e. The SMILES string of the molecule is C=C/C=C(\C)c1nc2ccccn2c1N. The van der Waals surface area contributed by atoms with Crippen LogP contribution in [0, 0.1) is 0 Å². The van der Waals surface area contributed by atoms with Crippen molar-refractivity contribution in [1.82, 2.24) is 9.38 Å². The highest BCUT2D eigenvalue weighted by Gasteiger charge is 2.08. The number of aromatic nitrogens is 2. The van der Waals surface area contributed by atoms with Crippen LogP contribution in [0.2, 0.25) is 0 Å². The number of hydrogen-bond donors (Lipinski definition) is 1. The van der Waals surface area contributed by atoms with E-state index in [9.17, 15) is 0 Å². The van der Waals surface area contributed by atoms with Crippen LogP contribution >= 0.6 is 0 Å². The van der Waals surface area contributed by atoms with Crippen LogP contribution in [0.4, 0.5) is 5.82 Å². The van der Waals surface area contributed by atoms with Crippen molar-refractivity contribution in [3.8, 4) is 0 Å². The van der Waals surface area contributed by atoms with Crippen LogP contribution < -0.4 is 5.73 Å². The lowest BCUT2D eigenvalue weighted by Gasteiger charge is -1.97. The molecule has 0 fully saturated rings. The van der Waals surface area contributed by atoms with E-state index in [4.69, 9.17) is 5.73 Å². The fourth-order valence-electron chi connectivity index (χ4n) is 1.56. The zero-order valence-electron chi connectivity index (χ0n) is 8.64. The molecular formula is C12H13N3. The van der Waals surface area contributed by atoms with Gasteiger partial charge in [0.1, 0.15) is 17.2 Å². The molecule has 2 heterocycles. The van der Waals surface area contributed by atoms with Crippen LogP contribution in [0.1, 0.15) is 12.6 Å². The Morgan fingerprint density at radius 1 is 1.53 bits per heavy atom. The van der Waals surface area contributed by atoms with Crippen molar-refractivity contribution in [3.63, 3.8) is 0 Å². The highest BCUT2D eigenvalue weighted by Crippen LogP contribution is 2.21. The van der Waals surface area contributed by atoms with Gasteiger partial charge in [-0.3, -0.25) is 4.40 Å². The van der Waals surface area contributed by atoms with E-state index in [1.807, 2.05) is 41.8 Å². The summed E-state index contributed by atoms with van der Waals surface area (Å²) in [5.74, 6) is 0.668. The van der Waals surface area contributed by atoms with Gasteiger partial charge < -0.3 is 5.73 Å². The smallest absolute Gasteiger partial charge is 0.139 e. The quantitative estimate of drug-likeness (QED) is 0.755. The molecule has 0 spiro atoms. The van der Waals surface area contributed by atoms with Crippen molar-refractivity contribution in [2.75, 3.05) is 5.73 Å². The van der Waals surface area contributed by atoms with Gasteiger partial charge in [0.25, 0.3) is 0 Å². The van der Waals surface area contributed by atoms with Crippen LogP contribution in [-0.2, 0) is 0 Å². The molecule has 2 N–H and O–H groups in total. The van der Waals surface area contributed by atoms with Gasteiger partial charge in [-0.15, -0.1) is 0 Å². The zero-order chi connectivity index (χ0) is 10.8. The standard InChI is InChI=1S/C12H13N3/c1-3-6-9(2)11-12(13)15-8-5-4-7-10(15)14-11/h3-8H,1,13H2,2H3/b9-6+. The molecule has 0 atom stereocenters. The molecule has 0 radical (unpaired) electrons. The molecule has 2 aromatic heterocycles. The van der Waals surface area contributed by atoms with Crippen molar-refractivity contribution >= 4 is 17.0 Å². The molecule has 2 rings (SSSR count). The Labute approximate surface area is 88.6 Å². The van der Waals surface area contributed by atoms with Gasteiger partial charge >= 0.3 is 0 Å². The van der Waals surface area contributed by atoms with Crippen molar-refractivity contribution in [3.05, 3.63) is 48.8 Å². The van der Waals surface area contributed by atoms with Gasteiger partial charge in [-0.25, -0.2) is 4.98 Å². The van der Waals surface area contributed by atoms with Crippen molar-refractivity contribution in [1.29, 1.82) is 0 Å². The van der Waals surface area contributed by atoms with Crippen LogP contribution in [0.5, 0.6) is 0 Å². The van der Waals surface area contributed by atoms with Crippen molar-refractivity contribution in [2.45, 2.75) is 6.92 Å². The molecule has 0 aromatic carbocycles. The highest BCUT2D eigenvalue weighted by molar-refractivity contribution is 5.73. The number of rotatable bonds is 2. The third-order valence-electron chi connectivity index (χ3n) is 2.31.